The van der Waals surface area contributed by atoms with E-state index >= 15 is 0 Å². The summed E-state index contributed by atoms with van der Waals surface area (Å²) < 4.78 is 18.2. The number of hydrogen-bond donors (Lipinski definition) is 1. The molecule has 2 nitrogen and oxygen atoms in total. The van der Waals surface area contributed by atoms with E-state index in [0.717, 1.165) is 31.6 Å². The Balaban J connectivity index is 2.34. The van der Waals surface area contributed by atoms with Gasteiger partial charge in [-0.3, -0.25) is 0 Å². The van der Waals surface area contributed by atoms with Gasteiger partial charge in [-0.05, 0) is 43.9 Å². The molecule has 0 radical (unpaired) electrons. The number of hydrogen-bond acceptors (Lipinski definition) is 2. The van der Waals surface area contributed by atoms with Gasteiger partial charge in [0.15, 0.2) is 0 Å². The third kappa shape index (κ3) is 5.48. The van der Waals surface area contributed by atoms with Crippen molar-refractivity contribution in [3.8, 4) is 0 Å². The molecule has 1 aromatic carbocycles. The lowest BCUT2D eigenvalue weighted by Crippen LogP contribution is -2.23. The minimum Gasteiger partial charge on any atom is -0.382 e. The van der Waals surface area contributed by atoms with E-state index in [0.29, 0.717) is 6.42 Å². The van der Waals surface area contributed by atoms with Gasteiger partial charge >= 0.3 is 0 Å². The molecule has 0 fully saturated rings. The van der Waals surface area contributed by atoms with Crippen molar-refractivity contribution >= 4 is 11.6 Å². The predicted molar refractivity (Wildman–Crippen MR) is 68.8 cm³/mol. The molecule has 96 valence electrons. The fraction of sp³-hybridized carbons (Fsp3) is 0.538. The van der Waals surface area contributed by atoms with E-state index < -0.39 is 0 Å². The van der Waals surface area contributed by atoms with Gasteiger partial charge in [-0.15, -0.1) is 0 Å². The van der Waals surface area contributed by atoms with Crippen LogP contribution in [0, 0.1) is 5.82 Å². The van der Waals surface area contributed by atoms with Gasteiger partial charge in [-0.25, -0.2) is 4.39 Å². The molecule has 4 heteroatoms. The summed E-state index contributed by atoms with van der Waals surface area (Å²) in [6, 6.07) is 4.81. The summed E-state index contributed by atoms with van der Waals surface area (Å²) in [7, 11) is 0. The Morgan fingerprint density at radius 3 is 2.88 bits per heavy atom. The zero-order valence-electron chi connectivity index (χ0n) is 10.1. The fourth-order valence-electron chi connectivity index (χ4n) is 1.66. The Bertz CT molecular complexity index is 346. The predicted octanol–water partition coefficient (Wildman–Crippen LogP) is 3.17. The van der Waals surface area contributed by atoms with Crippen LogP contribution < -0.4 is 5.73 Å². The van der Waals surface area contributed by atoms with Crippen LogP contribution in [-0.2, 0) is 11.2 Å². The summed E-state index contributed by atoms with van der Waals surface area (Å²) in [4.78, 5) is 0. The molecular formula is C13H19ClFNO. The maximum absolute atomic E-state index is 12.9. The van der Waals surface area contributed by atoms with Gasteiger partial charge < -0.3 is 10.5 Å². The van der Waals surface area contributed by atoms with E-state index in [1.54, 1.807) is 12.1 Å². The van der Waals surface area contributed by atoms with Crippen molar-refractivity contribution in [3.05, 3.63) is 34.6 Å². The summed E-state index contributed by atoms with van der Waals surface area (Å²) >= 11 is 5.71. The van der Waals surface area contributed by atoms with Gasteiger partial charge in [0.1, 0.15) is 5.82 Å². The van der Waals surface area contributed by atoms with E-state index in [2.05, 4.69) is 0 Å². The van der Waals surface area contributed by atoms with Gasteiger partial charge in [-0.1, -0.05) is 17.7 Å². The van der Waals surface area contributed by atoms with Crippen molar-refractivity contribution < 1.29 is 9.13 Å². The summed E-state index contributed by atoms with van der Waals surface area (Å²) in [5.74, 6) is -0.389. The molecule has 17 heavy (non-hydrogen) atoms. The van der Waals surface area contributed by atoms with E-state index in [-0.39, 0.29) is 16.9 Å². The molecule has 0 saturated carbocycles. The standard InChI is InChI=1S/C13H19ClFNO/c1-2-17-7-3-4-11(16)8-10-5-6-13(15)12(14)9-10/h5-6,9,11H,2-4,7-8,16H2,1H3. The van der Waals surface area contributed by atoms with Crippen molar-refractivity contribution in [3.63, 3.8) is 0 Å². The van der Waals surface area contributed by atoms with Crippen molar-refractivity contribution in [1.29, 1.82) is 0 Å². The summed E-state index contributed by atoms with van der Waals surface area (Å²) in [5.41, 5.74) is 6.96. The highest BCUT2D eigenvalue weighted by atomic mass is 35.5. The number of halogens is 2. The second kappa shape index (κ2) is 7.64. The van der Waals surface area contributed by atoms with E-state index in [9.17, 15) is 4.39 Å². The molecule has 0 heterocycles. The first-order valence-corrected chi connectivity index (χ1v) is 6.28. The highest BCUT2D eigenvalue weighted by Crippen LogP contribution is 2.17. The van der Waals surface area contributed by atoms with Crippen LogP contribution in [0.4, 0.5) is 4.39 Å². The Kier molecular flexibility index (Phi) is 6.48. The topological polar surface area (TPSA) is 35.2 Å². The molecule has 0 spiro atoms. The monoisotopic (exact) mass is 259 g/mol. The quantitative estimate of drug-likeness (QED) is 0.764. The smallest absolute Gasteiger partial charge is 0.141 e. The van der Waals surface area contributed by atoms with Crippen LogP contribution in [0.2, 0.25) is 5.02 Å². The lowest BCUT2D eigenvalue weighted by Gasteiger charge is -2.11. The lowest BCUT2D eigenvalue weighted by molar-refractivity contribution is 0.142. The first-order valence-electron chi connectivity index (χ1n) is 5.90. The Morgan fingerprint density at radius 2 is 2.24 bits per heavy atom. The van der Waals surface area contributed by atoms with Crippen molar-refractivity contribution in [1.82, 2.24) is 0 Å². The zero-order chi connectivity index (χ0) is 12.7. The molecule has 1 aromatic rings. The van der Waals surface area contributed by atoms with Crippen LogP contribution in [0.25, 0.3) is 0 Å². The van der Waals surface area contributed by atoms with Crippen LogP contribution >= 0.6 is 11.6 Å². The van der Waals surface area contributed by atoms with Crippen LogP contribution in [-0.4, -0.2) is 19.3 Å². The molecule has 0 aliphatic carbocycles. The van der Waals surface area contributed by atoms with Crippen LogP contribution in [0.3, 0.4) is 0 Å². The molecule has 0 saturated heterocycles. The molecule has 0 bridgehead atoms. The SMILES string of the molecule is CCOCCCC(N)Cc1ccc(F)c(Cl)c1. The molecule has 1 atom stereocenters. The molecule has 0 amide bonds. The fourth-order valence-corrected chi connectivity index (χ4v) is 1.87. The van der Waals surface area contributed by atoms with Crippen molar-refractivity contribution in [2.75, 3.05) is 13.2 Å². The first kappa shape index (κ1) is 14.4. The molecule has 1 rings (SSSR count). The van der Waals surface area contributed by atoms with Gasteiger partial charge in [0, 0.05) is 19.3 Å². The molecular weight excluding hydrogens is 241 g/mol. The highest BCUT2D eigenvalue weighted by molar-refractivity contribution is 6.30. The van der Waals surface area contributed by atoms with E-state index in [1.165, 1.54) is 6.07 Å². The summed E-state index contributed by atoms with van der Waals surface area (Å²) in [6.07, 6.45) is 2.56. The third-order valence-corrected chi connectivity index (χ3v) is 2.84. The minimum absolute atomic E-state index is 0.0667. The summed E-state index contributed by atoms with van der Waals surface area (Å²) in [5, 5.41) is 0.156. The highest BCUT2D eigenvalue weighted by Gasteiger charge is 2.06. The maximum atomic E-state index is 12.9. The molecule has 2 N–H and O–H groups in total. The van der Waals surface area contributed by atoms with Gasteiger partial charge in [0.2, 0.25) is 0 Å². The number of rotatable bonds is 7. The third-order valence-electron chi connectivity index (χ3n) is 2.55. The van der Waals surface area contributed by atoms with Gasteiger partial charge in [0.25, 0.3) is 0 Å². The Morgan fingerprint density at radius 1 is 1.47 bits per heavy atom. The Labute approximate surface area is 107 Å². The molecule has 0 aliphatic heterocycles. The summed E-state index contributed by atoms with van der Waals surface area (Å²) in [6.45, 7) is 3.46. The lowest BCUT2D eigenvalue weighted by atomic mass is 10.0. The van der Waals surface area contributed by atoms with Crippen LogP contribution in [0.5, 0.6) is 0 Å². The van der Waals surface area contributed by atoms with Gasteiger partial charge in [-0.2, -0.15) is 0 Å². The normalized spacial score (nSPS) is 12.7. The Hall–Kier alpha value is -0.640. The van der Waals surface area contributed by atoms with E-state index in [4.69, 9.17) is 22.1 Å². The van der Waals surface area contributed by atoms with E-state index in [1.807, 2.05) is 6.92 Å². The molecule has 1 unspecified atom stereocenters. The van der Waals surface area contributed by atoms with Crippen LogP contribution in [0.1, 0.15) is 25.3 Å². The van der Waals surface area contributed by atoms with Crippen molar-refractivity contribution in [2.24, 2.45) is 5.73 Å². The minimum atomic E-state index is -0.389. The first-order chi connectivity index (χ1) is 8.13. The van der Waals surface area contributed by atoms with Crippen molar-refractivity contribution in [2.45, 2.75) is 32.2 Å². The molecule has 0 aliphatic rings. The van der Waals surface area contributed by atoms with Crippen LogP contribution in [0.15, 0.2) is 18.2 Å². The largest absolute Gasteiger partial charge is 0.382 e. The average Bonchev–Trinajstić information content (AvgIpc) is 2.30. The average molecular weight is 260 g/mol. The maximum Gasteiger partial charge on any atom is 0.141 e. The number of nitrogens with two attached hydrogens (primary N) is 1. The second-order valence-electron chi connectivity index (χ2n) is 4.05. The second-order valence-corrected chi connectivity index (χ2v) is 4.46. The zero-order valence-corrected chi connectivity index (χ0v) is 10.8. The number of benzene rings is 1. The van der Waals surface area contributed by atoms with Gasteiger partial charge in [0.05, 0.1) is 5.02 Å². The molecule has 0 aromatic heterocycles. The number of ether oxygens (including phenoxy) is 1.